The Morgan fingerprint density at radius 1 is 1.20 bits per heavy atom. The maximum Gasteiger partial charge on any atom is 0.285 e. The molecule has 0 radical (unpaired) electrons. The Morgan fingerprint density at radius 3 is 2.73 bits per heavy atom. The molecule has 0 saturated carbocycles. The van der Waals surface area contributed by atoms with E-state index < -0.39 is 10.0 Å². The van der Waals surface area contributed by atoms with Crippen LogP contribution in [0.2, 0.25) is 10.0 Å². The molecule has 0 bridgehead atoms. The van der Waals surface area contributed by atoms with E-state index in [9.17, 15) is 13.2 Å². The first kappa shape index (κ1) is 21.2. The van der Waals surface area contributed by atoms with Crippen LogP contribution in [-0.4, -0.2) is 38.2 Å². The van der Waals surface area contributed by atoms with E-state index >= 15 is 0 Å². The standard InChI is InChI=1S/C21H21Cl2N3O3S/c1-13(14-8-9-17(22)18(23)11-14)24-21(27)15-5-4-10-26(12-15)20-16-6-2-3-7-19(16)30(28,29)25-20/h2-3,6-9,11,13,15H,4-5,10,12H2,1H3,(H,24,27)/t13-,15+/m0/s1. The molecule has 9 heteroatoms. The number of sulfonamides is 1. The molecule has 2 aliphatic rings. The van der Waals surface area contributed by atoms with E-state index in [2.05, 4.69) is 9.71 Å². The summed E-state index contributed by atoms with van der Waals surface area (Å²) in [6.45, 7) is 2.97. The van der Waals surface area contributed by atoms with Crippen molar-refractivity contribution in [2.75, 3.05) is 13.1 Å². The van der Waals surface area contributed by atoms with Crippen molar-refractivity contribution in [3.05, 3.63) is 63.6 Å². The molecule has 0 aromatic heterocycles. The third-order valence-electron chi connectivity index (χ3n) is 5.51. The minimum atomic E-state index is -3.68. The molecule has 0 aliphatic carbocycles. The number of amidine groups is 1. The van der Waals surface area contributed by atoms with Gasteiger partial charge in [-0.2, -0.15) is 8.42 Å². The molecule has 1 fully saturated rings. The Hall–Kier alpha value is -2.09. The average Bonchev–Trinajstić information content (AvgIpc) is 3.01. The number of nitrogens with one attached hydrogen (secondary N) is 1. The third kappa shape index (κ3) is 4.06. The summed E-state index contributed by atoms with van der Waals surface area (Å²) in [5.74, 6) is 0.0933. The van der Waals surface area contributed by atoms with Crippen molar-refractivity contribution < 1.29 is 13.2 Å². The van der Waals surface area contributed by atoms with Gasteiger partial charge < -0.3 is 10.2 Å². The Balaban J connectivity index is 1.48. The molecule has 0 spiro atoms. The van der Waals surface area contributed by atoms with Crippen molar-refractivity contribution in [2.45, 2.75) is 30.7 Å². The summed E-state index contributed by atoms with van der Waals surface area (Å²) in [5, 5.41) is 3.94. The Bertz CT molecular complexity index is 1130. The highest BCUT2D eigenvalue weighted by Crippen LogP contribution is 2.30. The normalized spacial score (nSPS) is 21.0. The molecule has 1 amide bonds. The first-order valence-corrected chi connectivity index (χ1v) is 11.9. The summed E-state index contributed by atoms with van der Waals surface area (Å²) in [4.78, 5) is 15.0. The van der Waals surface area contributed by atoms with Crippen LogP contribution in [0.3, 0.4) is 0 Å². The molecule has 158 valence electrons. The summed E-state index contributed by atoms with van der Waals surface area (Å²) in [5.41, 5.74) is 1.47. The number of rotatable bonds is 3. The van der Waals surface area contributed by atoms with Gasteiger partial charge in [0.15, 0.2) is 5.84 Å². The van der Waals surface area contributed by atoms with Gasteiger partial charge in [0, 0.05) is 18.7 Å². The second kappa shape index (κ2) is 8.21. The van der Waals surface area contributed by atoms with E-state index in [1.165, 1.54) is 0 Å². The van der Waals surface area contributed by atoms with E-state index in [0.717, 1.165) is 18.4 Å². The van der Waals surface area contributed by atoms with Crippen LogP contribution in [0, 0.1) is 5.92 Å². The molecule has 2 atom stereocenters. The zero-order valence-electron chi connectivity index (χ0n) is 16.3. The Morgan fingerprint density at radius 2 is 1.97 bits per heavy atom. The maximum absolute atomic E-state index is 12.9. The first-order chi connectivity index (χ1) is 14.3. The monoisotopic (exact) mass is 465 g/mol. The zero-order valence-corrected chi connectivity index (χ0v) is 18.6. The van der Waals surface area contributed by atoms with Crippen molar-refractivity contribution in [3.8, 4) is 0 Å². The second-order valence-electron chi connectivity index (χ2n) is 7.58. The highest BCUT2D eigenvalue weighted by atomic mass is 35.5. The smallest absolute Gasteiger partial charge is 0.285 e. The number of likely N-dealkylation sites (tertiary alicyclic amines) is 1. The molecule has 1 saturated heterocycles. The lowest BCUT2D eigenvalue weighted by atomic mass is 9.95. The van der Waals surface area contributed by atoms with Gasteiger partial charge in [0.05, 0.1) is 22.0 Å². The van der Waals surface area contributed by atoms with Crippen LogP contribution in [0.5, 0.6) is 0 Å². The Labute approximate surface area is 185 Å². The van der Waals surface area contributed by atoms with E-state index in [1.54, 1.807) is 36.4 Å². The fourth-order valence-electron chi connectivity index (χ4n) is 3.90. The van der Waals surface area contributed by atoms with Crippen molar-refractivity contribution in [2.24, 2.45) is 10.3 Å². The predicted molar refractivity (Wildman–Crippen MR) is 117 cm³/mol. The van der Waals surface area contributed by atoms with Gasteiger partial charge >= 0.3 is 0 Å². The molecule has 4 rings (SSSR count). The van der Waals surface area contributed by atoms with Gasteiger partial charge in [-0.05, 0) is 49.6 Å². The summed E-state index contributed by atoms with van der Waals surface area (Å²) >= 11 is 12.1. The summed E-state index contributed by atoms with van der Waals surface area (Å²) in [6, 6.07) is 11.9. The first-order valence-electron chi connectivity index (χ1n) is 9.71. The molecule has 2 heterocycles. The molecule has 2 aromatic rings. The number of halogens is 2. The van der Waals surface area contributed by atoms with Crippen LogP contribution < -0.4 is 5.32 Å². The van der Waals surface area contributed by atoms with Crippen molar-refractivity contribution in [1.82, 2.24) is 10.2 Å². The summed E-state index contributed by atoms with van der Waals surface area (Å²) in [6.07, 6.45) is 1.51. The van der Waals surface area contributed by atoms with Crippen LogP contribution >= 0.6 is 23.2 Å². The van der Waals surface area contributed by atoms with E-state index in [-0.39, 0.29) is 22.8 Å². The molecule has 2 aromatic carbocycles. The van der Waals surface area contributed by atoms with Gasteiger partial charge in [-0.1, -0.05) is 41.4 Å². The number of carbonyl (C=O) groups excluding carboxylic acids is 1. The zero-order chi connectivity index (χ0) is 21.5. The van der Waals surface area contributed by atoms with E-state index in [1.807, 2.05) is 17.9 Å². The van der Waals surface area contributed by atoms with Crippen LogP contribution in [0.25, 0.3) is 0 Å². The second-order valence-corrected chi connectivity index (χ2v) is 9.96. The largest absolute Gasteiger partial charge is 0.355 e. The molecule has 30 heavy (non-hydrogen) atoms. The van der Waals surface area contributed by atoms with Gasteiger partial charge in [-0.3, -0.25) is 4.79 Å². The summed E-state index contributed by atoms with van der Waals surface area (Å²) < 4.78 is 28.7. The number of benzene rings is 2. The quantitative estimate of drug-likeness (QED) is 0.741. The van der Waals surface area contributed by atoms with Gasteiger partial charge in [0.1, 0.15) is 4.90 Å². The van der Waals surface area contributed by atoms with Crippen molar-refractivity contribution in [3.63, 3.8) is 0 Å². The number of amides is 1. The third-order valence-corrected chi connectivity index (χ3v) is 7.57. The molecule has 0 unspecified atom stereocenters. The highest BCUT2D eigenvalue weighted by Gasteiger charge is 2.35. The lowest BCUT2D eigenvalue weighted by Gasteiger charge is -2.34. The predicted octanol–water partition coefficient (Wildman–Crippen LogP) is 4.03. The van der Waals surface area contributed by atoms with Crippen molar-refractivity contribution in [1.29, 1.82) is 0 Å². The van der Waals surface area contributed by atoms with Crippen LogP contribution in [-0.2, 0) is 14.8 Å². The fraction of sp³-hybridized carbons (Fsp3) is 0.333. The van der Waals surface area contributed by atoms with Crippen LogP contribution in [0.15, 0.2) is 51.8 Å². The van der Waals surface area contributed by atoms with E-state index in [0.29, 0.717) is 34.5 Å². The molecular weight excluding hydrogens is 445 g/mol. The number of nitrogens with zero attached hydrogens (tertiary/aromatic N) is 2. The van der Waals surface area contributed by atoms with Crippen LogP contribution in [0.1, 0.15) is 36.9 Å². The lowest BCUT2D eigenvalue weighted by molar-refractivity contribution is -0.126. The van der Waals surface area contributed by atoms with Gasteiger partial charge in [0.2, 0.25) is 5.91 Å². The highest BCUT2D eigenvalue weighted by molar-refractivity contribution is 7.90. The number of fused-ring (bicyclic) bond motifs is 1. The molecule has 1 N–H and O–H groups in total. The fourth-order valence-corrected chi connectivity index (χ4v) is 5.43. The maximum atomic E-state index is 12.9. The van der Waals surface area contributed by atoms with Crippen molar-refractivity contribution >= 4 is 45.0 Å². The van der Waals surface area contributed by atoms with Gasteiger partial charge in [0.25, 0.3) is 10.0 Å². The number of hydrogen-bond donors (Lipinski definition) is 1. The molecule has 6 nitrogen and oxygen atoms in total. The topological polar surface area (TPSA) is 78.8 Å². The number of piperidine rings is 1. The Kier molecular flexibility index (Phi) is 5.79. The minimum Gasteiger partial charge on any atom is -0.355 e. The molecular formula is C21H21Cl2N3O3S. The average molecular weight is 466 g/mol. The van der Waals surface area contributed by atoms with Gasteiger partial charge in [-0.25, -0.2) is 0 Å². The van der Waals surface area contributed by atoms with Gasteiger partial charge in [-0.15, -0.1) is 4.40 Å². The number of hydrogen-bond acceptors (Lipinski definition) is 4. The SMILES string of the molecule is C[C@H](NC(=O)[C@@H]1CCCN(C2=NS(=O)(=O)c3ccccc32)C1)c1ccc(Cl)c(Cl)c1. The van der Waals surface area contributed by atoms with Crippen LogP contribution in [0.4, 0.5) is 0 Å². The lowest BCUT2D eigenvalue weighted by Crippen LogP contribution is -2.45. The molecule has 2 aliphatic heterocycles. The minimum absolute atomic E-state index is 0.0759. The number of carbonyl (C=O) groups is 1. The summed E-state index contributed by atoms with van der Waals surface area (Å²) in [7, 11) is -3.68. The van der Waals surface area contributed by atoms with E-state index in [4.69, 9.17) is 23.2 Å².